The highest BCUT2D eigenvalue weighted by atomic mass is 79.9. The molecule has 3 nitrogen and oxygen atoms in total. The first kappa shape index (κ1) is 9.85. The van der Waals surface area contributed by atoms with Gasteiger partial charge in [0.15, 0.2) is 0 Å². The Bertz CT molecular complexity index is 384. The summed E-state index contributed by atoms with van der Waals surface area (Å²) in [5.74, 6) is 1.16. The number of halogens is 1. The number of aryl methyl sites for hydroxylation is 1. The van der Waals surface area contributed by atoms with Gasteiger partial charge in [-0.25, -0.2) is 0 Å². The van der Waals surface area contributed by atoms with Gasteiger partial charge in [0.1, 0.15) is 5.60 Å². The minimum absolute atomic E-state index is 0.439. The SMILES string of the molecule is Cn1ncc(Br)c1C1(O)CC2CCC1C2. The molecule has 2 saturated carbocycles. The van der Waals surface area contributed by atoms with Gasteiger partial charge in [-0.3, -0.25) is 4.68 Å². The smallest absolute Gasteiger partial charge is 0.110 e. The van der Waals surface area contributed by atoms with E-state index < -0.39 is 5.60 Å². The average molecular weight is 271 g/mol. The molecule has 1 aromatic rings. The summed E-state index contributed by atoms with van der Waals surface area (Å²) in [5, 5.41) is 15.0. The van der Waals surface area contributed by atoms with Crippen LogP contribution in [0.5, 0.6) is 0 Å². The van der Waals surface area contributed by atoms with Crippen LogP contribution in [0, 0.1) is 11.8 Å². The largest absolute Gasteiger partial charge is 0.383 e. The Labute approximate surface area is 97.6 Å². The Balaban J connectivity index is 2.07. The second-order valence-corrected chi connectivity index (χ2v) is 5.82. The Morgan fingerprint density at radius 2 is 2.40 bits per heavy atom. The molecule has 1 heterocycles. The van der Waals surface area contributed by atoms with Gasteiger partial charge < -0.3 is 5.11 Å². The van der Waals surface area contributed by atoms with E-state index in [9.17, 15) is 5.11 Å². The first-order valence-corrected chi connectivity index (χ1v) is 6.31. The summed E-state index contributed by atoms with van der Waals surface area (Å²) in [5.41, 5.74) is 0.335. The Morgan fingerprint density at radius 3 is 2.87 bits per heavy atom. The molecule has 0 saturated heterocycles. The van der Waals surface area contributed by atoms with Crippen molar-refractivity contribution in [3.8, 4) is 0 Å². The molecular weight excluding hydrogens is 256 g/mol. The van der Waals surface area contributed by atoms with Crippen molar-refractivity contribution in [2.45, 2.75) is 31.3 Å². The van der Waals surface area contributed by atoms with Gasteiger partial charge >= 0.3 is 0 Å². The van der Waals surface area contributed by atoms with E-state index in [0.29, 0.717) is 5.92 Å². The van der Waals surface area contributed by atoms with E-state index in [4.69, 9.17) is 0 Å². The predicted molar refractivity (Wildman–Crippen MR) is 60.3 cm³/mol. The van der Waals surface area contributed by atoms with Gasteiger partial charge in [0.25, 0.3) is 0 Å². The lowest BCUT2D eigenvalue weighted by molar-refractivity contribution is -0.0259. The van der Waals surface area contributed by atoms with E-state index in [-0.39, 0.29) is 0 Å². The monoisotopic (exact) mass is 270 g/mol. The number of hydrogen-bond acceptors (Lipinski definition) is 2. The van der Waals surface area contributed by atoms with E-state index in [1.54, 1.807) is 6.20 Å². The third-order valence-electron chi connectivity index (χ3n) is 4.12. The highest BCUT2D eigenvalue weighted by Crippen LogP contribution is 2.56. The number of fused-ring (bicyclic) bond motifs is 2. The minimum Gasteiger partial charge on any atom is -0.383 e. The van der Waals surface area contributed by atoms with Crippen molar-refractivity contribution in [3.05, 3.63) is 16.4 Å². The molecule has 1 aromatic heterocycles. The van der Waals surface area contributed by atoms with Gasteiger partial charge in [0.2, 0.25) is 0 Å². The molecule has 2 aliphatic rings. The van der Waals surface area contributed by atoms with Crippen LogP contribution in [0.15, 0.2) is 10.7 Å². The van der Waals surface area contributed by atoms with Crippen LogP contribution in [0.2, 0.25) is 0 Å². The quantitative estimate of drug-likeness (QED) is 0.850. The first-order chi connectivity index (χ1) is 7.11. The van der Waals surface area contributed by atoms with E-state index in [1.807, 2.05) is 11.7 Å². The normalized spacial score (nSPS) is 38.9. The second-order valence-electron chi connectivity index (χ2n) is 4.97. The Morgan fingerprint density at radius 1 is 1.60 bits per heavy atom. The lowest BCUT2D eigenvalue weighted by atomic mass is 9.82. The van der Waals surface area contributed by atoms with Crippen LogP contribution in [0.4, 0.5) is 0 Å². The molecule has 1 N–H and O–H groups in total. The summed E-state index contributed by atoms with van der Waals surface area (Å²) in [6.07, 6.45) is 6.34. The Hall–Kier alpha value is -0.350. The maximum absolute atomic E-state index is 10.8. The van der Waals surface area contributed by atoms with E-state index in [2.05, 4.69) is 21.0 Å². The molecule has 0 aliphatic heterocycles. The van der Waals surface area contributed by atoms with Crippen LogP contribution >= 0.6 is 15.9 Å². The van der Waals surface area contributed by atoms with Crippen LogP contribution in [-0.2, 0) is 12.6 Å². The standard InChI is InChI=1S/C11H15BrN2O/c1-14-10(9(12)6-13-14)11(15)5-7-2-3-8(11)4-7/h6-8,15H,2-5H2,1H3. The highest BCUT2D eigenvalue weighted by molar-refractivity contribution is 9.10. The third kappa shape index (κ3) is 1.24. The zero-order chi connectivity index (χ0) is 10.6. The highest BCUT2D eigenvalue weighted by Gasteiger charge is 2.52. The molecule has 3 rings (SSSR count). The zero-order valence-corrected chi connectivity index (χ0v) is 10.4. The fourth-order valence-electron chi connectivity index (χ4n) is 3.49. The molecule has 4 heteroatoms. The van der Waals surface area contributed by atoms with Gasteiger partial charge in [-0.15, -0.1) is 0 Å². The molecular formula is C11H15BrN2O. The Kier molecular flexibility index (Phi) is 2.02. The number of nitrogens with zero attached hydrogens (tertiary/aromatic N) is 2. The maximum Gasteiger partial charge on any atom is 0.110 e. The molecule has 0 radical (unpaired) electrons. The van der Waals surface area contributed by atoms with Crippen molar-refractivity contribution in [1.29, 1.82) is 0 Å². The summed E-state index contributed by atoms with van der Waals surface area (Å²) < 4.78 is 2.75. The summed E-state index contributed by atoms with van der Waals surface area (Å²) >= 11 is 3.49. The van der Waals surface area contributed by atoms with Crippen LogP contribution in [0.3, 0.4) is 0 Å². The van der Waals surface area contributed by atoms with Crippen molar-refractivity contribution in [1.82, 2.24) is 9.78 Å². The van der Waals surface area contributed by atoms with Crippen molar-refractivity contribution in [3.63, 3.8) is 0 Å². The van der Waals surface area contributed by atoms with Gasteiger partial charge in [-0.1, -0.05) is 0 Å². The average Bonchev–Trinajstić information content (AvgIpc) is 2.80. The van der Waals surface area contributed by atoms with Crippen molar-refractivity contribution < 1.29 is 5.11 Å². The minimum atomic E-state index is -0.632. The van der Waals surface area contributed by atoms with Crippen LogP contribution in [-0.4, -0.2) is 14.9 Å². The fraction of sp³-hybridized carbons (Fsp3) is 0.727. The summed E-state index contributed by atoms with van der Waals surface area (Å²) in [7, 11) is 1.91. The van der Waals surface area contributed by atoms with Crippen molar-refractivity contribution in [2.75, 3.05) is 0 Å². The topological polar surface area (TPSA) is 38.0 Å². The van der Waals surface area contributed by atoms with Crippen LogP contribution < -0.4 is 0 Å². The summed E-state index contributed by atoms with van der Waals surface area (Å²) in [6, 6.07) is 0. The molecule has 2 fully saturated rings. The molecule has 2 bridgehead atoms. The molecule has 3 unspecified atom stereocenters. The number of aliphatic hydroxyl groups is 1. The van der Waals surface area contributed by atoms with Crippen molar-refractivity contribution >= 4 is 15.9 Å². The maximum atomic E-state index is 10.8. The van der Waals surface area contributed by atoms with Crippen LogP contribution in [0.1, 0.15) is 31.4 Å². The third-order valence-corrected chi connectivity index (χ3v) is 4.70. The molecule has 2 aliphatic carbocycles. The molecule has 3 atom stereocenters. The fourth-order valence-corrected chi connectivity index (χ4v) is 4.18. The van der Waals surface area contributed by atoms with Crippen molar-refractivity contribution in [2.24, 2.45) is 18.9 Å². The number of aromatic nitrogens is 2. The molecule has 0 amide bonds. The predicted octanol–water partition coefficient (Wildman–Crippen LogP) is 2.19. The lowest BCUT2D eigenvalue weighted by Gasteiger charge is -2.32. The second kappa shape index (κ2) is 3.08. The zero-order valence-electron chi connectivity index (χ0n) is 8.78. The van der Waals surface area contributed by atoms with E-state index >= 15 is 0 Å². The van der Waals surface area contributed by atoms with Gasteiger partial charge in [-0.2, -0.15) is 5.10 Å². The number of hydrogen-bond donors (Lipinski definition) is 1. The first-order valence-electron chi connectivity index (χ1n) is 5.51. The molecule has 82 valence electrons. The van der Waals surface area contributed by atoms with Crippen LogP contribution in [0.25, 0.3) is 0 Å². The summed E-state index contributed by atoms with van der Waals surface area (Å²) in [6.45, 7) is 0. The van der Waals surface area contributed by atoms with E-state index in [0.717, 1.165) is 22.5 Å². The molecule has 15 heavy (non-hydrogen) atoms. The van der Waals surface area contributed by atoms with E-state index in [1.165, 1.54) is 19.3 Å². The van der Waals surface area contributed by atoms with Gasteiger partial charge in [0, 0.05) is 7.05 Å². The number of rotatable bonds is 1. The summed E-state index contributed by atoms with van der Waals surface area (Å²) in [4.78, 5) is 0. The molecule has 0 aromatic carbocycles. The van der Waals surface area contributed by atoms with Gasteiger partial charge in [0.05, 0.1) is 16.4 Å². The van der Waals surface area contributed by atoms with Gasteiger partial charge in [-0.05, 0) is 53.4 Å². The molecule has 0 spiro atoms. The lowest BCUT2D eigenvalue weighted by Crippen LogP contribution is -2.34.